The van der Waals surface area contributed by atoms with Gasteiger partial charge >= 0.3 is 7.60 Å². The average Bonchev–Trinajstić information content (AvgIpc) is 3.00. The van der Waals surface area contributed by atoms with Gasteiger partial charge in [0, 0.05) is 58.3 Å². The summed E-state index contributed by atoms with van der Waals surface area (Å²) in [5.41, 5.74) is -0.734. The van der Waals surface area contributed by atoms with Gasteiger partial charge in [0.2, 0.25) is 5.91 Å². The SMILES string of the molecule is COCOCCC[C@@H]1CN2C(=O)C[C@H](C(=O)CP(=O)(OC)OC)C[C@@H]2[C@]1(C)C=O. The minimum absolute atomic E-state index is 0.00186. The van der Waals surface area contributed by atoms with E-state index in [0.717, 1.165) is 19.1 Å². The zero-order chi connectivity index (χ0) is 21.7. The van der Waals surface area contributed by atoms with E-state index in [1.807, 2.05) is 6.92 Å². The van der Waals surface area contributed by atoms with Gasteiger partial charge < -0.3 is 28.2 Å². The van der Waals surface area contributed by atoms with E-state index in [1.165, 1.54) is 14.2 Å². The molecule has 0 bridgehead atoms. The molecule has 9 nitrogen and oxygen atoms in total. The summed E-state index contributed by atoms with van der Waals surface area (Å²) in [5.74, 6) is -1.06. The van der Waals surface area contributed by atoms with Gasteiger partial charge in [0.15, 0.2) is 0 Å². The summed E-state index contributed by atoms with van der Waals surface area (Å²) in [6, 6.07) is -0.343. The lowest BCUT2D eigenvalue weighted by molar-refractivity contribution is -0.142. The lowest BCUT2D eigenvalue weighted by Gasteiger charge is -2.39. The van der Waals surface area contributed by atoms with Crippen molar-refractivity contribution in [3.63, 3.8) is 0 Å². The summed E-state index contributed by atoms with van der Waals surface area (Å²) in [4.78, 5) is 39.3. The van der Waals surface area contributed by atoms with E-state index in [4.69, 9.17) is 18.5 Å². The number of Topliss-reactive ketones (excluding diaryl/α,β-unsaturated/α-hetero) is 1. The third kappa shape index (κ3) is 5.33. The Labute approximate surface area is 171 Å². The Balaban J connectivity index is 2.08. The summed E-state index contributed by atoms with van der Waals surface area (Å²) < 4.78 is 32.2. The highest BCUT2D eigenvalue weighted by Gasteiger charge is 2.55. The van der Waals surface area contributed by atoms with Crippen molar-refractivity contribution in [2.45, 2.75) is 38.6 Å². The number of fused-ring (bicyclic) bond motifs is 1. The number of carbonyl (C=O) groups is 3. The highest BCUT2D eigenvalue weighted by atomic mass is 31.2. The molecule has 0 radical (unpaired) electrons. The lowest BCUT2D eigenvalue weighted by Crippen LogP contribution is -2.50. The Bertz CT molecular complexity index is 648. The molecule has 2 heterocycles. The van der Waals surface area contributed by atoms with Gasteiger partial charge in [-0.25, -0.2) is 0 Å². The largest absolute Gasteiger partial charge is 0.359 e. The molecule has 4 atom stereocenters. The maximum atomic E-state index is 12.7. The van der Waals surface area contributed by atoms with E-state index < -0.39 is 18.9 Å². The standard InChI is InChI=1S/C19H32NO8P/c1-19(12-21)15(6-5-7-28-13-25-2)10-20-17(19)8-14(9-18(20)23)16(22)11-29(24,26-3)27-4/h12,14-15,17H,5-11,13H2,1-4H3/t14-,15-,17-,19-/m1/s1. The minimum Gasteiger partial charge on any atom is -0.359 e. The van der Waals surface area contributed by atoms with E-state index in [1.54, 1.807) is 12.0 Å². The summed E-state index contributed by atoms with van der Waals surface area (Å²) >= 11 is 0. The molecule has 0 aliphatic carbocycles. The number of piperidine rings is 1. The molecule has 0 saturated carbocycles. The first-order chi connectivity index (χ1) is 13.7. The molecule has 166 valence electrons. The number of ketones is 1. The highest BCUT2D eigenvalue weighted by molar-refractivity contribution is 7.54. The van der Waals surface area contributed by atoms with Gasteiger partial charge in [-0.3, -0.25) is 14.2 Å². The fourth-order valence-electron chi connectivity index (χ4n) is 4.43. The molecule has 0 aromatic heterocycles. The van der Waals surface area contributed by atoms with Crippen molar-refractivity contribution in [1.29, 1.82) is 0 Å². The Kier molecular flexibility index (Phi) is 8.55. The van der Waals surface area contributed by atoms with Crippen LogP contribution in [-0.2, 0) is 37.5 Å². The van der Waals surface area contributed by atoms with Gasteiger partial charge in [-0.05, 0) is 25.2 Å². The molecular formula is C19H32NO8P. The minimum atomic E-state index is -3.50. The second-order valence-corrected chi connectivity index (χ2v) is 10.2. The van der Waals surface area contributed by atoms with Crippen LogP contribution in [0.2, 0.25) is 0 Å². The molecule has 2 aliphatic heterocycles. The Morgan fingerprint density at radius 3 is 2.59 bits per heavy atom. The first-order valence-corrected chi connectivity index (χ1v) is 11.5. The fraction of sp³-hybridized carbons (Fsp3) is 0.842. The summed E-state index contributed by atoms with van der Waals surface area (Å²) in [6.07, 6.45) is 2.47. The van der Waals surface area contributed by atoms with Gasteiger partial charge in [0.25, 0.3) is 0 Å². The Morgan fingerprint density at radius 2 is 2.00 bits per heavy atom. The van der Waals surface area contributed by atoms with Crippen molar-refractivity contribution >= 4 is 25.6 Å². The zero-order valence-electron chi connectivity index (χ0n) is 17.6. The van der Waals surface area contributed by atoms with E-state index >= 15 is 0 Å². The third-order valence-corrected chi connectivity index (χ3v) is 8.11. The highest BCUT2D eigenvalue weighted by Crippen LogP contribution is 2.50. The van der Waals surface area contributed by atoms with Crippen LogP contribution < -0.4 is 0 Å². The summed E-state index contributed by atoms with van der Waals surface area (Å²) in [6.45, 7) is 3.10. The molecule has 0 aromatic carbocycles. The fourth-order valence-corrected chi connectivity index (χ4v) is 5.47. The molecule has 0 N–H and O–H groups in total. The molecule has 0 aromatic rings. The lowest BCUT2D eigenvalue weighted by atomic mass is 9.70. The third-order valence-electron chi connectivity index (χ3n) is 6.30. The van der Waals surface area contributed by atoms with Crippen molar-refractivity contribution in [2.75, 3.05) is 47.4 Å². The van der Waals surface area contributed by atoms with Crippen LogP contribution >= 0.6 is 7.60 Å². The molecular weight excluding hydrogens is 401 g/mol. The van der Waals surface area contributed by atoms with Gasteiger partial charge in [-0.1, -0.05) is 6.92 Å². The Morgan fingerprint density at radius 1 is 1.31 bits per heavy atom. The van der Waals surface area contributed by atoms with Gasteiger partial charge in [-0.2, -0.15) is 0 Å². The van der Waals surface area contributed by atoms with Gasteiger partial charge in [0.05, 0.1) is 0 Å². The number of ether oxygens (including phenoxy) is 2. The van der Waals surface area contributed by atoms with Gasteiger partial charge in [-0.15, -0.1) is 0 Å². The molecule has 2 rings (SSSR count). The second-order valence-electron chi connectivity index (χ2n) is 7.94. The van der Waals surface area contributed by atoms with E-state index in [0.29, 0.717) is 19.6 Å². The monoisotopic (exact) mass is 433 g/mol. The average molecular weight is 433 g/mol. The maximum absolute atomic E-state index is 12.7. The van der Waals surface area contributed by atoms with Gasteiger partial charge in [0.1, 0.15) is 25.0 Å². The zero-order valence-corrected chi connectivity index (χ0v) is 18.5. The van der Waals surface area contributed by atoms with Crippen molar-refractivity contribution in [2.24, 2.45) is 17.3 Å². The first kappa shape index (κ1) is 24.2. The van der Waals surface area contributed by atoms with Crippen LogP contribution in [0.4, 0.5) is 0 Å². The predicted octanol–water partition coefficient (Wildman–Crippen LogP) is 1.88. The van der Waals surface area contributed by atoms with Crippen LogP contribution in [-0.4, -0.2) is 76.4 Å². The van der Waals surface area contributed by atoms with Crippen LogP contribution in [0.15, 0.2) is 0 Å². The molecule has 0 spiro atoms. The quantitative estimate of drug-likeness (QED) is 0.199. The van der Waals surface area contributed by atoms with Crippen LogP contribution in [0, 0.1) is 17.3 Å². The molecule has 2 saturated heterocycles. The van der Waals surface area contributed by atoms with Crippen LogP contribution in [0.5, 0.6) is 0 Å². The Hall–Kier alpha value is -1.12. The second kappa shape index (κ2) is 10.3. The van der Waals surface area contributed by atoms with Crippen LogP contribution in [0.1, 0.15) is 32.6 Å². The number of carbonyl (C=O) groups excluding carboxylic acids is 3. The number of methoxy groups -OCH3 is 1. The summed E-state index contributed by atoms with van der Waals surface area (Å²) in [7, 11) is 0.518. The van der Waals surface area contributed by atoms with E-state index in [-0.39, 0.29) is 43.0 Å². The molecule has 0 unspecified atom stereocenters. The molecule has 2 aliphatic rings. The summed E-state index contributed by atoms with van der Waals surface area (Å²) in [5, 5.41) is 0. The number of aldehydes is 1. The number of amides is 1. The normalized spacial score (nSPS) is 29.7. The van der Waals surface area contributed by atoms with Crippen molar-refractivity contribution in [3.8, 4) is 0 Å². The van der Waals surface area contributed by atoms with Crippen LogP contribution in [0.25, 0.3) is 0 Å². The molecule has 1 amide bonds. The number of nitrogens with zero attached hydrogens (tertiary/aromatic N) is 1. The van der Waals surface area contributed by atoms with Crippen LogP contribution in [0.3, 0.4) is 0 Å². The van der Waals surface area contributed by atoms with Crippen molar-refractivity contribution in [1.82, 2.24) is 4.90 Å². The van der Waals surface area contributed by atoms with E-state index in [9.17, 15) is 18.9 Å². The van der Waals surface area contributed by atoms with E-state index in [2.05, 4.69) is 0 Å². The number of hydrogen-bond donors (Lipinski definition) is 0. The predicted molar refractivity (Wildman–Crippen MR) is 104 cm³/mol. The smallest absolute Gasteiger partial charge is 0.337 e. The first-order valence-electron chi connectivity index (χ1n) is 9.80. The molecule has 29 heavy (non-hydrogen) atoms. The molecule has 10 heteroatoms. The van der Waals surface area contributed by atoms with Crippen molar-refractivity contribution < 1.29 is 37.5 Å². The topological polar surface area (TPSA) is 108 Å². The number of rotatable bonds is 12. The number of hydrogen-bond acceptors (Lipinski definition) is 8. The molecule has 2 fully saturated rings. The maximum Gasteiger partial charge on any atom is 0.337 e. The van der Waals surface area contributed by atoms with Crippen molar-refractivity contribution in [3.05, 3.63) is 0 Å².